The molecule has 2 nitrogen and oxygen atoms in total. The van der Waals surface area contributed by atoms with Gasteiger partial charge in [0.25, 0.3) is 0 Å². The lowest BCUT2D eigenvalue weighted by Gasteiger charge is -2.41. The maximum atomic E-state index is 5.33. The van der Waals surface area contributed by atoms with E-state index in [1.54, 1.807) is 5.57 Å². The molecule has 0 aliphatic heterocycles. The van der Waals surface area contributed by atoms with Gasteiger partial charge in [-0.25, -0.2) is 4.98 Å². The fourth-order valence-corrected chi connectivity index (χ4v) is 8.41. The molecule has 48 heavy (non-hydrogen) atoms. The van der Waals surface area contributed by atoms with E-state index in [4.69, 9.17) is 4.98 Å². The van der Waals surface area contributed by atoms with E-state index in [2.05, 4.69) is 175 Å². The second-order valence-corrected chi connectivity index (χ2v) is 13.5. The molecule has 0 saturated heterocycles. The molecule has 0 saturated carbocycles. The summed E-state index contributed by atoms with van der Waals surface area (Å²) in [5.74, 6) is 2.41. The van der Waals surface area contributed by atoms with Crippen LogP contribution >= 0.6 is 0 Å². The quantitative estimate of drug-likeness (QED) is 0.192. The summed E-state index contributed by atoms with van der Waals surface area (Å²) in [5, 5.41) is 0. The average Bonchev–Trinajstić information content (AvgIpc) is 3.55. The fraction of sp³-hybridized carbons (Fsp3) is 0.152. The SMILES string of the molecule is CC1C=CC=CC1C1=C2CC(c3nc4ccccc4n3-c3ccccc3)C=CC2=C(c2ccc(-c3ccccc3)cc2)C2=CC=CCC21. The molecule has 0 fully saturated rings. The molecule has 5 aromatic rings. The van der Waals surface area contributed by atoms with Crippen LogP contribution in [0.4, 0.5) is 0 Å². The Morgan fingerprint density at radius 1 is 0.688 bits per heavy atom. The number of hydrogen-bond donors (Lipinski definition) is 0. The molecule has 0 bridgehead atoms. The lowest BCUT2D eigenvalue weighted by Crippen LogP contribution is -2.28. The van der Waals surface area contributed by atoms with Gasteiger partial charge in [0.15, 0.2) is 0 Å². The maximum Gasteiger partial charge on any atom is 0.121 e. The van der Waals surface area contributed by atoms with Gasteiger partial charge in [0.2, 0.25) is 0 Å². The van der Waals surface area contributed by atoms with E-state index in [-0.39, 0.29) is 5.92 Å². The normalized spacial score (nSPS) is 23.0. The first-order valence-electron chi connectivity index (χ1n) is 17.3. The average molecular weight is 619 g/mol. The molecular formula is C46H38N2. The second-order valence-electron chi connectivity index (χ2n) is 13.5. The lowest BCUT2D eigenvalue weighted by molar-refractivity contribution is 0.505. The highest BCUT2D eigenvalue weighted by atomic mass is 15.1. The summed E-state index contributed by atoms with van der Waals surface area (Å²) in [6.07, 6.45) is 23.1. The van der Waals surface area contributed by atoms with Gasteiger partial charge >= 0.3 is 0 Å². The van der Waals surface area contributed by atoms with E-state index in [0.29, 0.717) is 17.8 Å². The zero-order valence-electron chi connectivity index (χ0n) is 27.2. The van der Waals surface area contributed by atoms with Gasteiger partial charge < -0.3 is 0 Å². The van der Waals surface area contributed by atoms with Crippen molar-refractivity contribution in [3.8, 4) is 16.8 Å². The minimum absolute atomic E-state index is 0.149. The molecule has 4 aliphatic rings. The van der Waals surface area contributed by atoms with Crippen LogP contribution in [0.2, 0.25) is 0 Å². The molecule has 0 radical (unpaired) electrons. The van der Waals surface area contributed by atoms with Crippen LogP contribution in [0.3, 0.4) is 0 Å². The zero-order chi connectivity index (χ0) is 32.0. The molecule has 4 atom stereocenters. The third kappa shape index (κ3) is 4.83. The molecular weight excluding hydrogens is 581 g/mol. The van der Waals surface area contributed by atoms with Gasteiger partial charge in [-0.05, 0) is 82.0 Å². The van der Waals surface area contributed by atoms with Gasteiger partial charge in [-0.2, -0.15) is 0 Å². The smallest absolute Gasteiger partial charge is 0.121 e. The number of nitrogens with zero attached hydrogens (tertiary/aromatic N) is 2. The lowest BCUT2D eigenvalue weighted by atomic mass is 9.62. The molecule has 1 heterocycles. The Balaban J connectivity index is 1.25. The van der Waals surface area contributed by atoms with Crippen LogP contribution in [0.15, 0.2) is 186 Å². The molecule has 0 spiro atoms. The number of fused-ring (bicyclic) bond motifs is 3. The Bertz CT molecular complexity index is 2230. The van der Waals surface area contributed by atoms with Crippen LogP contribution in [0.1, 0.15) is 37.1 Å². The predicted octanol–water partition coefficient (Wildman–Crippen LogP) is 11.4. The van der Waals surface area contributed by atoms with E-state index >= 15 is 0 Å². The molecule has 2 heteroatoms. The maximum absolute atomic E-state index is 5.33. The number of imidazole rings is 1. The Morgan fingerprint density at radius 2 is 1.40 bits per heavy atom. The summed E-state index contributed by atoms with van der Waals surface area (Å²) >= 11 is 0. The van der Waals surface area contributed by atoms with Crippen LogP contribution in [0, 0.1) is 17.8 Å². The zero-order valence-corrected chi connectivity index (χ0v) is 27.2. The topological polar surface area (TPSA) is 17.8 Å². The Labute approximate surface area is 283 Å². The highest BCUT2D eigenvalue weighted by Gasteiger charge is 2.39. The van der Waals surface area contributed by atoms with E-state index in [1.807, 2.05) is 0 Å². The highest BCUT2D eigenvalue weighted by Crippen LogP contribution is 2.54. The summed E-state index contributed by atoms with van der Waals surface area (Å²) in [4.78, 5) is 5.33. The van der Waals surface area contributed by atoms with E-state index < -0.39 is 0 Å². The first-order valence-corrected chi connectivity index (χ1v) is 17.3. The van der Waals surface area contributed by atoms with Gasteiger partial charge in [-0.15, -0.1) is 0 Å². The summed E-state index contributed by atoms with van der Waals surface area (Å²) in [7, 11) is 0. The molecule has 4 unspecified atom stereocenters. The second kappa shape index (κ2) is 12.0. The number of rotatable bonds is 5. The first-order chi connectivity index (χ1) is 23.7. The minimum atomic E-state index is 0.149. The van der Waals surface area contributed by atoms with Crippen molar-refractivity contribution >= 4 is 16.6 Å². The summed E-state index contributed by atoms with van der Waals surface area (Å²) < 4.78 is 2.38. The van der Waals surface area contributed by atoms with E-state index in [9.17, 15) is 0 Å². The Kier molecular flexibility index (Phi) is 7.16. The molecule has 0 N–H and O–H groups in total. The van der Waals surface area contributed by atoms with Gasteiger partial charge in [-0.1, -0.05) is 152 Å². The van der Waals surface area contributed by atoms with Crippen molar-refractivity contribution in [1.82, 2.24) is 9.55 Å². The van der Waals surface area contributed by atoms with Crippen LogP contribution in [-0.2, 0) is 0 Å². The molecule has 4 aliphatic carbocycles. The molecule has 1 aromatic heterocycles. The molecule has 0 amide bonds. The van der Waals surface area contributed by atoms with E-state index in [1.165, 1.54) is 39.0 Å². The third-order valence-electron chi connectivity index (χ3n) is 10.7. The minimum Gasteiger partial charge on any atom is -0.296 e. The van der Waals surface area contributed by atoms with Crippen molar-refractivity contribution in [2.24, 2.45) is 17.8 Å². The standard InChI is InChI=1S/C46H38N2/c1-31-14-8-9-19-37(31)45-39-21-11-10-20-38(39)44(34-26-24-33(25-27-34)32-15-4-2-5-16-32)40-29-28-35(30-41(40)45)46-47-42-22-12-13-23-43(42)48(46)36-17-6-3-7-18-36/h2-20,22-29,31,35,37,39H,21,30H2,1H3. The summed E-state index contributed by atoms with van der Waals surface area (Å²) in [6, 6.07) is 39.2. The third-order valence-corrected chi connectivity index (χ3v) is 10.7. The van der Waals surface area contributed by atoms with E-state index in [0.717, 1.165) is 35.4 Å². The molecule has 4 aromatic carbocycles. The molecule has 9 rings (SSSR count). The van der Waals surface area contributed by atoms with Crippen LogP contribution in [0.25, 0.3) is 33.4 Å². The highest BCUT2D eigenvalue weighted by molar-refractivity contribution is 5.91. The van der Waals surface area contributed by atoms with Crippen molar-refractivity contribution in [1.29, 1.82) is 0 Å². The number of hydrogen-bond acceptors (Lipinski definition) is 1. The van der Waals surface area contributed by atoms with Gasteiger partial charge in [0.1, 0.15) is 5.82 Å². The van der Waals surface area contributed by atoms with Gasteiger partial charge in [0.05, 0.1) is 11.0 Å². The Hall–Kier alpha value is -5.47. The summed E-state index contributed by atoms with van der Waals surface area (Å²) in [5.41, 5.74) is 14.5. The molecule has 232 valence electrons. The van der Waals surface area contributed by atoms with Crippen LogP contribution < -0.4 is 0 Å². The van der Waals surface area contributed by atoms with Crippen molar-refractivity contribution in [2.45, 2.75) is 25.7 Å². The van der Waals surface area contributed by atoms with Crippen molar-refractivity contribution in [3.63, 3.8) is 0 Å². The predicted molar refractivity (Wildman–Crippen MR) is 200 cm³/mol. The number of allylic oxidation sites excluding steroid dienone is 14. The van der Waals surface area contributed by atoms with Crippen molar-refractivity contribution < 1.29 is 0 Å². The van der Waals surface area contributed by atoms with Crippen molar-refractivity contribution in [3.05, 3.63) is 198 Å². The monoisotopic (exact) mass is 618 g/mol. The van der Waals surface area contributed by atoms with Gasteiger partial charge in [0, 0.05) is 23.4 Å². The number of aromatic nitrogens is 2. The number of para-hydroxylation sites is 3. The fourth-order valence-electron chi connectivity index (χ4n) is 8.41. The Morgan fingerprint density at radius 3 is 2.21 bits per heavy atom. The first kappa shape index (κ1) is 28.7. The van der Waals surface area contributed by atoms with Crippen LogP contribution in [-0.4, -0.2) is 9.55 Å². The largest absolute Gasteiger partial charge is 0.296 e. The van der Waals surface area contributed by atoms with Gasteiger partial charge in [-0.3, -0.25) is 4.57 Å². The van der Waals surface area contributed by atoms with Crippen LogP contribution in [0.5, 0.6) is 0 Å². The van der Waals surface area contributed by atoms with Crippen molar-refractivity contribution in [2.75, 3.05) is 0 Å². The number of benzene rings is 4. The summed E-state index contributed by atoms with van der Waals surface area (Å²) in [6.45, 7) is 2.38.